The van der Waals surface area contributed by atoms with Crippen LogP contribution in [-0.4, -0.2) is 56.8 Å². The summed E-state index contributed by atoms with van der Waals surface area (Å²) in [5.41, 5.74) is 8.16. The number of aromatic nitrogens is 4. The van der Waals surface area contributed by atoms with Gasteiger partial charge in [0.1, 0.15) is 22.7 Å². The van der Waals surface area contributed by atoms with Crippen LogP contribution in [-0.2, 0) is 16.0 Å². The van der Waals surface area contributed by atoms with E-state index < -0.39 is 0 Å². The maximum absolute atomic E-state index is 13.6. The van der Waals surface area contributed by atoms with E-state index >= 15 is 0 Å². The molecule has 2 N–H and O–H groups in total. The maximum Gasteiger partial charge on any atom is 0.273 e. The van der Waals surface area contributed by atoms with Gasteiger partial charge < -0.3 is 18.3 Å². The number of nitrogens with one attached hydrogen (secondary N) is 2. The predicted molar refractivity (Wildman–Crippen MR) is 250 cm³/mol. The van der Waals surface area contributed by atoms with E-state index in [1.807, 2.05) is 74.5 Å². The Morgan fingerprint density at radius 1 is 0.619 bits per heavy atom. The highest BCUT2D eigenvalue weighted by atomic mass is 32.2. The van der Waals surface area contributed by atoms with Crippen LogP contribution in [0.15, 0.2) is 104 Å². The number of carbonyl (C=O) groups excluding carboxylic acids is 2. The first-order valence-corrected chi connectivity index (χ1v) is 22.4. The average molecular weight is 909 g/mol. The van der Waals surface area contributed by atoms with Crippen molar-refractivity contribution < 1.29 is 27.9 Å². The molecule has 0 saturated carbocycles. The first-order valence-electron chi connectivity index (χ1n) is 19.2. The van der Waals surface area contributed by atoms with Gasteiger partial charge >= 0.3 is 0 Å². The van der Waals surface area contributed by atoms with Gasteiger partial charge in [-0.15, -0.1) is 20.4 Å². The molecule has 2 fully saturated rings. The highest BCUT2D eigenvalue weighted by Crippen LogP contribution is 2.43. The Morgan fingerprint density at radius 3 is 1.43 bits per heavy atom. The highest BCUT2D eigenvalue weighted by Gasteiger charge is 2.37. The van der Waals surface area contributed by atoms with Crippen molar-refractivity contribution in [3.63, 3.8) is 0 Å². The van der Waals surface area contributed by atoms with E-state index in [4.69, 9.17) is 29.1 Å². The molecule has 0 spiro atoms. The molecule has 2 aliphatic rings. The number of aryl methyl sites for hydroxylation is 2. The number of carbonyl (C=O) groups is 2. The van der Waals surface area contributed by atoms with E-state index in [0.29, 0.717) is 60.0 Å². The van der Waals surface area contributed by atoms with Crippen LogP contribution >= 0.6 is 46.2 Å². The standard InChI is InChI=1S/C45H32N8O6S4/c1-22-20-58-36-30(22)14-26(16-32(36)38-48-50-44(62-38)52-40(54)34(60-42(52)46)18-24-5-9-28(56-3)10-6-24)13-27-15-31-23(2)21-59-37(31)33(17-27)39-49-51-45(63-39)53-41(55)35(61-43(53)47)19-25-7-11-29(57-4)12-8-25/h5-12,14-21,46-47H,13H2,1-4H3/b34-18-,35-19-,46-42?,47-43?. The number of furan rings is 2. The van der Waals surface area contributed by atoms with Crippen LogP contribution in [0.4, 0.5) is 10.3 Å². The van der Waals surface area contributed by atoms with Gasteiger partial charge in [0.15, 0.2) is 20.4 Å². The molecule has 0 radical (unpaired) electrons. The first kappa shape index (κ1) is 40.2. The molecule has 4 aromatic carbocycles. The summed E-state index contributed by atoms with van der Waals surface area (Å²) in [4.78, 5) is 30.6. The predicted octanol–water partition coefficient (Wildman–Crippen LogP) is 10.6. The average Bonchev–Trinajstić information content (AvgIpc) is 4.16. The number of amides is 2. The Hall–Kier alpha value is -6.86. The van der Waals surface area contributed by atoms with Crippen molar-refractivity contribution in [3.8, 4) is 32.6 Å². The van der Waals surface area contributed by atoms with Crippen LogP contribution in [0.3, 0.4) is 0 Å². The number of benzene rings is 4. The molecule has 10 rings (SSSR count). The Labute approximate surface area is 375 Å². The van der Waals surface area contributed by atoms with Crippen LogP contribution in [0.2, 0.25) is 0 Å². The summed E-state index contributed by atoms with van der Waals surface area (Å²) >= 11 is 4.56. The summed E-state index contributed by atoms with van der Waals surface area (Å²) in [5.74, 6) is 0.711. The minimum atomic E-state index is -0.352. The van der Waals surface area contributed by atoms with Crippen LogP contribution in [0, 0.1) is 24.7 Å². The van der Waals surface area contributed by atoms with E-state index in [1.54, 1.807) is 38.9 Å². The lowest BCUT2D eigenvalue weighted by Crippen LogP contribution is -2.27. The molecule has 63 heavy (non-hydrogen) atoms. The second-order valence-corrected chi connectivity index (χ2v) is 18.5. The topological polar surface area (TPSA) is 185 Å². The van der Waals surface area contributed by atoms with Crippen LogP contribution in [0.1, 0.15) is 33.4 Å². The zero-order valence-corrected chi connectivity index (χ0v) is 37.0. The molecule has 2 amide bonds. The van der Waals surface area contributed by atoms with Crippen LogP contribution in [0.25, 0.3) is 55.2 Å². The molecule has 18 heteroatoms. The number of anilines is 2. The molecule has 6 heterocycles. The first-order chi connectivity index (χ1) is 30.5. The third kappa shape index (κ3) is 7.39. The molecule has 0 unspecified atom stereocenters. The van der Waals surface area contributed by atoms with Gasteiger partial charge in [0.05, 0.1) is 47.7 Å². The molecule has 312 valence electrons. The van der Waals surface area contributed by atoms with Crippen molar-refractivity contribution in [1.82, 2.24) is 20.4 Å². The molecular weight excluding hydrogens is 877 g/mol. The molecule has 4 aromatic heterocycles. The summed E-state index contributed by atoms with van der Waals surface area (Å²) in [7, 11) is 3.19. The number of methoxy groups -OCH3 is 2. The minimum Gasteiger partial charge on any atom is -0.497 e. The Balaban J connectivity index is 0.947. The quantitative estimate of drug-likeness (QED) is 0.124. The largest absolute Gasteiger partial charge is 0.497 e. The zero-order valence-electron chi connectivity index (χ0n) is 33.7. The van der Waals surface area contributed by atoms with Crippen molar-refractivity contribution in [2.45, 2.75) is 20.3 Å². The van der Waals surface area contributed by atoms with Crippen molar-refractivity contribution in [3.05, 3.63) is 129 Å². The SMILES string of the molecule is COc1ccc(/C=C2\SC(=N)N(c3nnc(-c4cc(Cc5cc(-c6nnc(N7C(=N)S/C(=C\c8ccc(OC)cc8)C7=O)s6)c6occ(C)c6c5)cc5c(C)coc45)s3)C2=O)cc1. The summed E-state index contributed by atoms with van der Waals surface area (Å²) in [6.45, 7) is 3.96. The van der Waals surface area contributed by atoms with Gasteiger partial charge in [-0.25, -0.2) is 9.80 Å². The molecular formula is C45H32N8O6S4. The summed E-state index contributed by atoms with van der Waals surface area (Å²) < 4.78 is 22.7. The number of thioether (sulfide) groups is 2. The van der Waals surface area contributed by atoms with Crippen molar-refractivity contribution in [2.24, 2.45) is 0 Å². The normalized spacial score (nSPS) is 15.7. The number of hydrogen-bond acceptors (Lipinski definition) is 16. The lowest BCUT2D eigenvalue weighted by atomic mass is 9.97. The molecule has 2 aliphatic heterocycles. The summed E-state index contributed by atoms with van der Waals surface area (Å²) in [6, 6.07) is 22.9. The molecule has 0 aliphatic carbocycles. The number of fused-ring (bicyclic) bond motifs is 2. The van der Waals surface area contributed by atoms with E-state index in [-0.39, 0.29) is 32.4 Å². The number of ether oxygens (including phenoxy) is 2. The number of rotatable bonds is 10. The summed E-state index contributed by atoms with van der Waals surface area (Å²) in [6.07, 6.45) is 7.42. The van der Waals surface area contributed by atoms with Gasteiger partial charge in [0.25, 0.3) is 11.8 Å². The van der Waals surface area contributed by atoms with Crippen LogP contribution < -0.4 is 19.3 Å². The van der Waals surface area contributed by atoms with Crippen LogP contribution in [0.5, 0.6) is 11.5 Å². The van der Waals surface area contributed by atoms with E-state index in [0.717, 1.165) is 67.7 Å². The van der Waals surface area contributed by atoms with Gasteiger partial charge in [0.2, 0.25) is 10.3 Å². The maximum atomic E-state index is 13.6. The van der Waals surface area contributed by atoms with E-state index in [9.17, 15) is 9.59 Å². The Kier molecular flexibility index (Phi) is 10.3. The van der Waals surface area contributed by atoms with Gasteiger partial charge in [-0.05, 0) is 138 Å². The smallest absolute Gasteiger partial charge is 0.273 e. The second kappa shape index (κ2) is 16.1. The molecule has 2 saturated heterocycles. The number of hydrogen-bond donors (Lipinski definition) is 2. The fourth-order valence-corrected chi connectivity index (χ4v) is 10.8. The number of amidine groups is 2. The zero-order chi connectivity index (χ0) is 43.5. The van der Waals surface area contributed by atoms with E-state index in [1.165, 1.54) is 32.5 Å². The van der Waals surface area contributed by atoms with Gasteiger partial charge in [0, 0.05) is 10.8 Å². The Morgan fingerprint density at radius 2 is 1.03 bits per heavy atom. The second-order valence-electron chi connectivity index (χ2n) is 14.5. The van der Waals surface area contributed by atoms with Gasteiger partial charge in [-0.2, -0.15) is 0 Å². The number of nitrogens with zero attached hydrogens (tertiary/aromatic N) is 6. The fraction of sp³-hybridized carbons (Fsp3) is 0.111. The fourth-order valence-electron chi connectivity index (χ4n) is 7.25. The Bertz CT molecular complexity index is 3040. The lowest BCUT2D eigenvalue weighted by molar-refractivity contribution is -0.114. The summed E-state index contributed by atoms with van der Waals surface area (Å²) in [5, 5.41) is 38.7. The van der Waals surface area contributed by atoms with E-state index in [2.05, 4.69) is 32.5 Å². The monoisotopic (exact) mass is 908 g/mol. The molecule has 8 aromatic rings. The molecule has 0 bridgehead atoms. The van der Waals surface area contributed by atoms with Crippen molar-refractivity contribution in [2.75, 3.05) is 24.0 Å². The third-order valence-electron chi connectivity index (χ3n) is 10.4. The van der Waals surface area contributed by atoms with Gasteiger partial charge in [-0.1, -0.05) is 46.9 Å². The molecule has 14 nitrogen and oxygen atoms in total. The van der Waals surface area contributed by atoms with Crippen molar-refractivity contribution >= 4 is 113 Å². The third-order valence-corrected chi connectivity index (χ3v) is 14.1. The van der Waals surface area contributed by atoms with Gasteiger partial charge in [-0.3, -0.25) is 20.4 Å². The minimum absolute atomic E-state index is 0.0361. The lowest BCUT2D eigenvalue weighted by Gasteiger charge is -2.09. The molecule has 0 atom stereocenters. The highest BCUT2D eigenvalue weighted by molar-refractivity contribution is 8.19. The van der Waals surface area contributed by atoms with Crippen molar-refractivity contribution in [1.29, 1.82) is 10.8 Å².